The summed E-state index contributed by atoms with van der Waals surface area (Å²) in [7, 11) is 0. The van der Waals surface area contributed by atoms with Crippen LogP contribution in [0.3, 0.4) is 0 Å². The number of rotatable bonds is 6. The molecule has 0 atom stereocenters. The number of nitro benzene ring substituents is 1. The normalized spacial score (nSPS) is 10.2. The van der Waals surface area contributed by atoms with Gasteiger partial charge in [0.25, 0.3) is 5.91 Å². The molecule has 8 heteroatoms. The number of carboxylic acid groups (broad SMARTS) is 1. The molecule has 0 spiro atoms. The number of hydrogen-bond donors (Lipinski definition) is 2. The number of nitrogens with zero attached hydrogens (tertiary/aromatic N) is 1. The Bertz CT molecular complexity index is 847. The van der Waals surface area contributed by atoms with E-state index < -0.39 is 16.8 Å². The Morgan fingerprint density at radius 3 is 2.48 bits per heavy atom. The largest absolute Gasteiger partial charge is 0.487 e. The van der Waals surface area contributed by atoms with Crippen LogP contribution in [0.4, 0.5) is 11.4 Å². The molecule has 0 aliphatic carbocycles. The lowest BCUT2D eigenvalue weighted by Crippen LogP contribution is -2.14. The van der Waals surface area contributed by atoms with Gasteiger partial charge >= 0.3 is 11.7 Å². The summed E-state index contributed by atoms with van der Waals surface area (Å²) in [4.78, 5) is 33.9. The van der Waals surface area contributed by atoms with Gasteiger partial charge in [0.05, 0.1) is 17.1 Å². The summed E-state index contributed by atoms with van der Waals surface area (Å²) >= 11 is 0. The van der Waals surface area contributed by atoms with Crippen LogP contribution < -0.4 is 10.1 Å². The molecule has 0 bridgehead atoms. The third kappa shape index (κ3) is 4.11. The Kier molecular flexibility index (Phi) is 5.33. The monoisotopic (exact) mass is 344 g/mol. The number of benzene rings is 2. The molecule has 1 amide bonds. The van der Waals surface area contributed by atoms with Crippen LogP contribution in [0.15, 0.2) is 36.4 Å². The zero-order chi connectivity index (χ0) is 18.6. The topological polar surface area (TPSA) is 119 Å². The fourth-order valence-corrected chi connectivity index (χ4v) is 2.16. The second-order valence-corrected chi connectivity index (χ2v) is 5.16. The van der Waals surface area contributed by atoms with Crippen molar-refractivity contribution < 1.29 is 24.4 Å². The fraction of sp³-hybridized carbons (Fsp3) is 0.176. The van der Waals surface area contributed by atoms with Crippen LogP contribution in [0.5, 0.6) is 5.75 Å². The van der Waals surface area contributed by atoms with E-state index in [0.717, 1.165) is 6.07 Å². The van der Waals surface area contributed by atoms with Crippen molar-refractivity contribution in [3.05, 3.63) is 63.2 Å². The maximum Gasteiger partial charge on any atom is 0.335 e. The summed E-state index contributed by atoms with van der Waals surface area (Å²) in [5.74, 6) is -1.63. The average molecular weight is 344 g/mol. The lowest BCUT2D eigenvalue weighted by Gasteiger charge is -2.10. The molecule has 0 heterocycles. The average Bonchev–Trinajstić information content (AvgIpc) is 2.57. The van der Waals surface area contributed by atoms with E-state index in [0.29, 0.717) is 11.3 Å². The standard InChI is InChI=1S/C17H16N2O6/c1-3-25-15-7-6-11(9-14(15)19(23)24)16(20)18-13-8-12(17(21)22)5-4-10(13)2/h4-9H,3H2,1-2H3,(H,18,20)(H,21,22). The Hall–Kier alpha value is -3.42. The Labute approximate surface area is 143 Å². The number of aryl methyl sites for hydroxylation is 1. The number of nitrogens with one attached hydrogen (secondary N) is 1. The predicted octanol–water partition coefficient (Wildman–Crippen LogP) is 3.25. The molecule has 2 N–H and O–H groups in total. The maximum atomic E-state index is 12.4. The van der Waals surface area contributed by atoms with E-state index in [1.165, 1.54) is 24.3 Å². The van der Waals surface area contributed by atoms with E-state index in [-0.39, 0.29) is 29.2 Å². The molecular weight excluding hydrogens is 328 g/mol. The summed E-state index contributed by atoms with van der Waals surface area (Å²) < 4.78 is 5.17. The van der Waals surface area contributed by atoms with Crippen LogP contribution in [-0.2, 0) is 0 Å². The molecule has 25 heavy (non-hydrogen) atoms. The van der Waals surface area contributed by atoms with Crippen LogP contribution in [0, 0.1) is 17.0 Å². The highest BCUT2D eigenvalue weighted by Crippen LogP contribution is 2.28. The highest BCUT2D eigenvalue weighted by Gasteiger charge is 2.19. The van der Waals surface area contributed by atoms with Crippen molar-refractivity contribution >= 4 is 23.3 Å². The number of amides is 1. The molecule has 2 rings (SSSR count). The SMILES string of the molecule is CCOc1ccc(C(=O)Nc2cc(C(=O)O)ccc2C)cc1[N+](=O)[O-]. The Morgan fingerprint density at radius 1 is 1.20 bits per heavy atom. The smallest absolute Gasteiger partial charge is 0.335 e. The molecule has 0 saturated heterocycles. The quantitative estimate of drug-likeness (QED) is 0.613. The first-order valence-corrected chi connectivity index (χ1v) is 7.40. The minimum absolute atomic E-state index is 0.0265. The molecule has 0 aliphatic heterocycles. The first-order valence-electron chi connectivity index (χ1n) is 7.40. The lowest BCUT2D eigenvalue weighted by atomic mass is 10.1. The number of aromatic carboxylic acids is 1. The highest BCUT2D eigenvalue weighted by molar-refractivity contribution is 6.05. The molecule has 2 aromatic rings. The van der Waals surface area contributed by atoms with Gasteiger partial charge in [-0.05, 0) is 43.7 Å². The van der Waals surface area contributed by atoms with Crippen molar-refractivity contribution in [3.8, 4) is 5.75 Å². The third-order valence-corrected chi connectivity index (χ3v) is 3.45. The highest BCUT2D eigenvalue weighted by atomic mass is 16.6. The molecular formula is C17H16N2O6. The number of carboxylic acids is 1. The van der Waals surface area contributed by atoms with E-state index in [1.54, 1.807) is 19.9 Å². The van der Waals surface area contributed by atoms with Gasteiger partial charge < -0.3 is 15.2 Å². The van der Waals surface area contributed by atoms with Crippen molar-refractivity contribution in [2.45, 2.75) is 13.8 Å². The molecule has 0 aromatic heterocycles. The van der Waals surface area contributed by atoms with Gasteiger partial charge in [-0.15, -0.1) is 0 Å². The van der Waals surface area contributed by atoms with Gasteiger partial charge in [0.1, 0.15) is 0 Å². The maximum absolute atomic E-state index is 12.4. The first-order chi connectivity index (χ1) is 11.8. The second-order valence-electron chi connectivity index (χ2n) is 5.16. The summed E-state index contributed by atoms with van der Waals surface area (Å²) in [6.07, 6.45) is 0. The van der Waals surface area contributed by atoms with Crippen LogP contribution >= 0.6 is 0 Å². The van der Waals surface area contributed by atoms with Crippen molar-refractivity contribution in [2.24, 2.45) is 0 Å². The first kappa shape index (κ1) is 17.9. The van der Waals surface area contributed by atoms with E-state index in [4.69, 9.17) is 9.84 Å². The molecule has 0 fully saturated rings. The lowest BCUT2D eigenvalue weighted by molar-refractivity contribution is -0.385. The van der Waals surface area contributed by atoms with Crippen molar-refractivity contribution in [1.29, 1.82) is 0 Å². The molecule has 2 aromatic carbocycles. The Balaban J connectivity index is 2.32. The molecule has 0 saturated carbocycles. The summed E-state index contributed by atoms with van der Waals surface area (Å²) in [6, 6.07) is 8.21. The van der Waals surface area contributed by atoms with Gasteiger partial charge in [0.15, 0.2) is 5.75 Å². The minimum Gasteiger partial charge on any atom is -0.487 e. The third-order valence-electron chi connectivity index (χ3n) is 3.45. The summed E-state index contributed by atoms with van der Waals surface area (Å²) in [6.45, 7) is 3.66. The number of anilines is 1. The second kappa shape index (κ2) is 7.43. The summed E-state index contributed by atoms with van der Waals surface area (Å²) in [5, 5.41) is 22.7. The van der Waals surface area contributed by atoms with Crippen LogP contribution in [0.25, 0.3) is 0 Å². The van der Waals surface area contributed by atoms with Gasteiger partial charge in [-0.1, -0.05) is 6.07 Å². The van der Waals surface area contributed by atoms with Crippen molar-refractivity contribution in [3.63, 3.8) is 0 Å². The number of carbonyl (C=O) groups is 2. The van der Waals surface area contributed by atoms with E-state index in [1.807, 2.05) is 0 Å². The molecule has 0 unspecified atom stereocenters. The van der Waals surface area contributed by atoms with Gasteiger partial charge in [-0.2, -0.15) is 0 Å². The Morgan fingerprint density at radius 2 is 1.88 bits per heavy atom. The predicted molar refractivity (Wildman–Crippen MR) is 90.4 cm³/mol. The molecule has 8 nitrogen and oxygen atoms in total. The van der Waals surface area contributed by atoms with Crippen molar-refractivity contribution in [2.75, 3.05) is 11.9 Å². The van der Waals surface area contributed by atoms with E-state index in [2.05, 4.69) is 5.32 Å². The van der Waals surface area contributed by atoms with Gasteiger partial charge in [0.2, 0.25) is 0 Å². The van der Waals surface area contributed by atoms with Gasteiger partial charge in [-0.25, -0.2) is 4.79 Å². The van der Waals surface area contributed by atoms with Gasteiger partial charge in [-0.3, -0.25) is 14.9 Å². The molecule has 0 aliphatic rings. The number of nitro groups is 1. The van der Waals surface area contributed by atoms with Crippen molar-refractivity contribution in [1.82, 2.24) is 0 Å². The van der Waals surface area contributed by atoms with E-state index in [9.17, 15) is 19.7 Å². The minimum atomic E-state index is -1.12. The van der Waals surface area contributed by atoms with E-state index >= 15 is 0 Å². The van der Waals surface area contributed by atoms with Crippen LogP contribution in [0.1, 0.15) is 33.2 Å². The molecule has 0 radical (unpaired) electrons. The van der Waals surface area contributed by atoms with Crippen LogP contribution in [-0.4, -0.2) is 28.5 Å². The molecule has 130 valence electrons. The summed E-state index contributed by atoms with van der Waals surface area (Å²) in [5.41, 5.74) is 0.764. The zero-order valence-electron chi connectivity index (χ0n) is 13.6. The zero-order valence-corrected chi connectivity index (χ0v) is 13.6. The number of hydrogen-bond acceptors (Lipinski definition) is 5. The number of ether oxygens (including phenoxy) is 1. The van der Waals surface area contributed by atoms with Gasteiger partial charge in [0, 0.05) is 17.3 Å². The fourth-order valence-electron chi connectivity index (χ4n) is 2.16. The number of carbonyl (C=O) groups excluding carboxylic acids is 1. The van der Waals surface area contributed by atoms with Crippen LogP contribution in [0.2, 0.25) is 0 Å².